The Hall–Kier alpha value is -0.830. The molecule has 0 fully saturated rings. The van der Waals surface area contributed by atoms with E-state index in [0.717, 1.165) is 19.0 Å². The molecule has 0 radical (unpaired) electrons. The van der Waals surface area contributed by atoms with E-state index in [0.29, 0.717) is 18.7 Å². The fraction of sp³-hybridized carbons (Fsp3) is 0.500. The lowest BCUT2D eigenvalue weighted by atomic mass is 10.2. The highest BCUT2D eigenvalue weighted by Gasteiger charge is 2.32. The molecule has 120 valence electrons. The zero-order valence-electron chi connectivity index (χ0n) is 11.3. The topological polar surface area (TPSA) is 58.2 Å². The van der Waals surface area contributed by atoms with Gasteiger partial charge in [-0.05, 0) is 31.2 Å². The van der Waals surface area contributed by atoms with E-state index in [2.05, 4.69) is 10.0 Å². The average Bonchev–Trinajstić information content (AvgIpc) is 2.37. The summed E-state index contributed by atoms with van der Waals surface area (Å²) in [5.41, 5.74) is -0.990. The molecule has 1 rings (SSSR count). The first-order chi connectivity index (χ1) is 9.68. The molecule has 0 aliphatic heterocycles. The first-order valence-electron chi connectivity index (χ1n) is 6.25. The van der Waals surface area contributed by atoms with E-state index in [-0.39, 0.29) is 11.4 Å². The Labute approximate surface area is 126 Å². The van der Waals surface area contributed by atoms with Crippen LogP contribution in [0.5, 0.6) is 0 Å². The SMILES string of the molecule is CCCNCCNS(=O)(=O)c1ccc(C(F)(F)F)cc1Cl. The van der Waals surface area contributed by atoms with Crippen LogP contribution >= 0.6 is 11.6 Å². The minimum Gasteiger partial charge on any atom is -0.315 e. The van der Waals surface area contributed by atoms with Gasteiger partial charge in [-0.25, -0.2) is 13.1 Å². The molecule has 1 aromatic carbocycles. The summed E-state index contributed by atoms with van der Waals surface area (Å²) in [6, 6.07) is 2.15. The smallest absolute Gasteiger partial charge is 0.315 e. The molecule has 0 aliphatic rings. The normalized spacial score (nSPS) is 12.6. The fourth-order valence-corrected chi connectivity index (χ4v) is 3.12. The summed E-state index contributed by atoms with van der Waals surface area (Å²) in [6.07, 6.45) is -3.65. The molecule has 0 amide bonds. The molecule has 0 aromatic heterocycles. The van der Waals surface area contributed by atoms with Gasteiger partial charge in [-0.1, -0.05) is 18.5 Å². The molecule has 0 bridgehead atoms. The maximum atomic E-state index is 12.5. The Kier molecular flexibility index (Phi) is 6.45. The molecular formula is C12H16ClF3N2O2S. The number of sulfonamides is 1. The molecular weight excluding hydrogens is 329 g/mol. The van der Waals surface area contributed by atoms with E-state index in [1.807, 2.05) is 6.92 Å². The van der Waals surface area contributed by atoms with Crippen molar-refractivity contribution in [3.8, 4) is 0 Å². The predicted octanol–water partition coefficient (Wildman–Crippen LogP) is 2.64. The first kappa shape index (κ1) is 18.2. The van der Waals surface area contributed by atoms with Gasteiger partial charge >= 0.3 is 6.18 Å². The molecule has 9 heteroatoms. The van der Waals surface area contributed by atoms with Gasteiger partial charge in [0.1, 0.15) is 4.90 Å². The molecule has 0 saturated heterocycles. The Bertz CT molecular complexity index is 576. The lowest BCUT2D eigenvalue weighted by Crippen LogP contribution is -2.32. The highest BCUT2D eigenvalue weighted by Crippen LogP contribution is 2.33. The van der Waals surface area contributed by atoms with Crippen LogP contribution in [0.15, 0.2) is 23.1 Å². The van der Waals surface area contributed by atoms with E-state index in [1.165, 1.54) is 0 Å². The van der Waals surface area contributed by atoms with Gasteiger partial charge in [-0.2, -0.15) is 13.2 Å². The van der Waals surface area contributed by atoms with Gasteiger partial charge in [0.2, 0.25) is 10.0 Å². The second kappa shape index (κ2) is 7.44. The zero-order valence-corrected chi connectivity index (χ0v) is 12.9. The van der Waals surface area contributed by atoms with Gasteiger partial charge in [0.15, 0.2) is 0 Å². The third-order valence-electron chi connectivity index (χ3n) is 2.57. The number of benzene rings is 1. The Morgan fingerprint density at radius 1 is 1.19 bits per heavy atom. The van der Waals surface area contributed by atoms with Crippen molar-refractivity contribution >= 4 is 21.6 Å². The Balaban J connectivity index is 2.80. The highest BCUT2D eigenvalue weighted by atomic mass is 35.5. The monoisotopic (exact) mass is 344 g/mol. The van der Waals surface area contributed by atoms with Crippen molar-refractivity contribution in [2.45, 2.75) is 24.4 Å². The van der Waals surface area contributed by atoms with Crippen molar-refractivity contribution in [1.29, 1.82) is 0 Å². The summed E-state index contributed by atoms with van der Waals surface area (Å²) in [4.78, 5) is -0.368. The van der Waals surface area contributed by atoms with Crippen LogP contribution in [0.1, 0.15) is 18.9 Å². The zero-order chi connectivity index (χ0) is 16.1. The fourth-order valence-electron chi connectivity index (χ4n) is 1.55. The first-order valence-corrected chi connectivity index (χ1v) is 8.11. The maximum Gasteiger partial charge on any atom is 0.416 e. The molecule has 21 heavy (non-hydrogen) atoms. The van der Waals surface area contributed by atoms with E-state index in [1.54, 1.807) is 0 Å². The van der Waals surface area contributed by atoms with E-state index >= 15 is 0 Å². The third-order valence-corrected chi connectivity index (χ3v) is 4.51. The molecule has 4 nitrogen and oxygen atoms in total. The highest BCUT2D eigenvalue weighted by molar-refractivity contribution is 7.89. The number of hydrogen-bond acceptors (Lipinski definition) is 3. The second-order valence-electron chi connectivity index (χ2n) is 4.29. The van der Waals surface area contributed by atoms with Gasteiger partial charge in [0, 0.05) is 13.1 Å². The van der Waals surface area contributed by atoms with Crippen LogP contribution in [-0.4, -0.2) is 28.1 Å². The van der Waals surface area contributed by atoms with Gasteiger partial charge in [-0.3, -0.25) is 0 Å². The van der Waals surface area contributed by atoms with Crippen LogP contribution < -0.4 is 10.0 Å². The Morgan fingerprint density at radius 3 is 2.38 bits per heavy atom. The molecule has 0 unspecified atom stereocenters. The predicted molar refractivity (Wildman–Crippen MR) is 74.8 cm³/mol. The minimum absolute atomic E-state index is 0.125. The van der Waals surface area contributed by atoms with Crippen molar-refractivity contribution in [2.24, 2.45) is 0 Å². The lowest BCUT2D eigenvalue weighted by Gasteiger charge is -2.11. The molecule has 1 aromatic rings. The Morgan fingerprint density at radius 2 is 1.86 bits per heavy atom. The third kappa shape index (κ3) is 5.46. The summed E-state index contributed by atoms with van der Waals surface area (Å²) < 4.78 is 63.6. The summed E-state index contributed by atoms with van der Waals surface area (Å²) in [7, 11) is -3.93. The van der Waals surface area contributed by atoms with Crippen LogP contribution in [-0.2, 0) is 16.2 Å². The molecule has 0 heterocycles. The number of nitrogens with one attached hydrogen (secondary N) is 2. The second-order valence-corrected chi connectivity index (χ2v) is 6.43. The molecule has 0 spiro atoms. The largest absolute Gasteiger partial charge is 0.416 e. The van der Waals surface area contributed by atoms with Crippen LogP contribution in [0.2, 0.25) is 5.02 Å². The summed E-state index contributed by atoms with van der Waals surface area (Å²) in [5, 5.41) is 2.53. The number of rotatable bonds is 7. The summed E-state index contributed by atoms with van der Waals surface area (Å²) in [6.45, 7) is 3.27. The number of halogens is 4. The molecule has 2 N–H and O–H groups in total. The standard InChI is InChI=1S/C12H16ClF3N2O2S/c1-2-5-17-6-7-18-21(19,20)11-4-3-9(8-10(11)13)12(14,15)16/h3-4,8,17-18H,2,5-7H2,1H3. The van der Waals surface area contributed by atoms with Crippen LogP contribution in [0.4, 0.5) is 13.2 Å². The van der Waals surface area contributed by atoms with Crippen molar-refractivity contribution in [3.63, 3.8) is 0 Å². The van der Waals surface area contributed by atoms with Gasteiger partial charge in [-0.15, -0.1) is 0 Å². The van der Waals surface area contributed by atoms with Crippen LogP contribution in [0, 0.1) is 0 Å². The minimum atomic E-state index is -4.57. The lowest BCUT2D eigenvalue weighted by molar-refractivity contribution is -0.137. The van der Waals surface area contributed by atoms with Crippen molar-refractivity contribution in [2.75, 3.05) is 19.6 Å². The molecule has 0 atom stereocenters. The van der Waals surface area contributed by atoms with Gasteiger partial charge < -0.3 is 5.32 Å². The van der Waals surface area contributed by atoms with Crippen molar-refractivity contribution < 1.29 is 21.6 Å². The molecule has 0 aliphatic carbocycles. The summed E-state index contributed by atoms with van der Waals surface area (Å²) in [5.74, 6) is 0. The quantitative estimate of drug-likeness (QED) is 0.748. The van der Waals surface area contributed by atoms with Crippen LogP contribution in [0.3, 0.4) is 0 Å². The van der Waals surface area contributed by atoms with E-state index < -0.39 is 26.8 Å². The molecule has 0 saturated carbocycles. The van der Waals surface area contributed by atoms with E-state index in [9.17, 15) is 21.6 Å². The van der Waals surface area contributed by atoms with Crippen molar-refractivity contribution in [1.82, 2.24) is 10.0 Å². The maximum absolute atomic E-state index is 12.5. The summed E-state index contributed by atoms with van der Waals surface area (Å²) >= 11 is 5.65. The number of hydrogen-bond donors (Lipinski definition) is 2. The van der Waals surface area contributed by atoms with E-state index in [4.69, 9.17) is 11.6 Å². The van der Waals surface area contributed by atoms with Gasteiger partial charge in [0.05, 0.1) is 10.6 Å². The number of alkyl halides is 3. The van der Waals surface area contributed by atoms with Gasteiger partial charge in [0.25, 0.3) is 0 Å². The van der Waals surface area contributed by atoms with Crippen molar-refractivity contribution in [3.05, 3.63) is 28.8 Å². The average molecular weight is 345 g/mol. The van der Waals surface area contributed by atoms with Crippen LogP contribution in [0.25, 0.3) is 0 Å².